The average molecular weight is 1040 g/mol. The lowest BCUT2D eigenvalue weighted by Gasteiger charge is -2.19. The van der Waals surface area contributed by atoms with Gasteiger partial charge in [0.25, 0.3) is 11.8 Å². The predicted molar refractivity (Wildman–Crippen MR) is 255 cm³/mol. The van der Waals surface area contributed by atoms with Crippen molar-refractivity contribution in [3.8, 4) is 0 Å². The molecule has 0 saturated carbocycles. The number of aliphatic hydroxyl groups is 1. The lowest BCUT2D eigenvalue weighted by molar-refractivity contribution is -0.137. The number of nitrogens with one attached hydrogen (secondary N) is 6. The number of nitrogens with two attached hydrogens (primary N) is 1. The maximum Gasteiger partial charge on any atom is 0.253 e. The van der Waals surface area contributed by atoms with Crippen molar-refractivity contribution in [1.29, 1.82) is 0 Å². The fourth-order valence-corrected chi connectivity index (χ4v) is 5.73. The first-order valence-electron chi connectivity index (χ1n) is 23.7. The lowest BCUT2D eigenvalue weighted by atomic mass is 10.1. The highest BCUT2D eigenvalue weighted by molar-refractivity contribution is 6.13. The Morgan fingerprint density at radius 3 is 1.49 bits per heavy atom. The van der Waals surface area contributed by atoms with Crippen LogP contribution in [0.4, 0.5) is 0 Å². The van der Waals surface area contributed by atoms with Crippen LogP contribution in [0.2, 0.25) is 0 Å². The van der Waals surface area contributed by atoms with Crippen molar-refractivity contribution in [2.24, 2.45) is 5.73 Å². The molecule has 410 valence electrons. The Bertz CT molecular complexity index is 1810. The maximum atomic E-state index is 13.0. The van der Waals surface area contributed by atoms with Gasteiger partial charge in [-0.15, -0.1) is 0 Å². The molecule has 1 aromatic carbocycles. The molecule has 0 aliphatic carbocycles. The van der Waals surface area contributed by atoms with Crippen LogP contribution in [0, 0.1) is 0 Å². The van der Waals surface area contributed by atoms with E-state index in [1.807, 2.05) is 0 Å². The first-order valence-corrected chi connectivity index (χ1v) is 23.7. The Balaban J connectivity index is 1.34. The summed E-state index contributed by atoms with van der Waals surface area (Å²) in [6, 6.07) is 7.71. The highest BCUT2D eigenvalue weighted by Crippen LogP contribution is 2.05. The normalized spacial score (nSPS) is 12.8. The molecule has 2 rings (SSSR count). The molecule has 9 amide bonds. The van der Waals surface area contributed by atoms with Crippen molar-refractivity contribution in [2.75, 3.05) is 152 Å². The number of carbonyl (C=O) groups is 9. The lowest BCUT2D eigenvalue weighted by Crippen LogP contribution is -2.52. The van der Waals surface area contributed by atoms with Gasteiger partial charge in [-0.3, -0.25) is 48.1 Å². The summed E-state index contributed by atoms with van der Waals surface area (Å²) in [4.78, 5) is 109. The van der Waals surface area contributed by atoms with Crippen molar-refractivity contribution in [3.63, 3.8) is 0 Å². The molecule has 9 N–H and O–H groups in total. The number of imide groups is 1. The van der Waals surface area contributed by atoms with Gasteiger partial charge in [-0.05, 0) is 5.56 Å². The van der Waals surface area contributed by atoms with Gasteiger partial charge in [0, 0.05) is 50.9 Å². The van der Waals surface area contributed by atoms with Gasteiger partial charge in [-0.2, -0.15) is 0 Å². The highest BCUT2D eigenvalue weighted by Gasteiger charge is 2.24. The molecule has 0 aromatic heterocycles. The molecule has 0 unspecified atom stereocenters. The number of rotatable bonds is 46. The molecule has 73 heavy (non-hydrogen) atoms. The van der Waals surface area contributed by atoms with Crippen LogP contribution in [0.25, 0.3) is 0 Å². The van der Waals surface area contributed by atoms with Crippen LogP contribution >= 0.6 is 0 Å². The molecule has 27 heteroatoms. The number of carbonyl (C=O) groups excluding carboxylic acids is 9. The van der Waals surface area contributed by atoms with Gasteiger partial charge < -0.3 is 85.4 Å². The first-order chi connectivity index (χ1) is 35.3. The van der Waals surface area contributed by atoms with Gasteiger partial charge in [0.05, 0.1) is 132 Å². The molecule has 0 radical (unpaired) electrons. The number of benzene rings is 1. The summed E-state index contributed by atoms with van der Waals surface area (Å²) >= 11 is 0. The summed E-state index contributed by atoms with van der Waals surface area (Å²) in [5.41, 5.74) is 5.68. The van der Waals surface area contributed by atoms with Crippen molar-refractivity contribution in [3.05, 3.63) is 48.0 Å². The third-order valence-corrected chi connectivity index (χ3v) is 9.59. The third-order valence-electron chi connectivity index (χ3n) is 9.59. The van der Waals surface area contributed by atoms with Crippen molar-refractivity contribution in [2.45, 2.75) is 37.8 Å². The molecule has 1 aliphatic heterocycles. The van der Waals surface area contributed by atoms with Gasteiger partial charge in [0.15, 0.2) is 0 Å². The van der Waals surface area contributed by atoms with E-state index in [-0.39, 0.29) is 71.3 Å². The largest absolute Gasteiger partial charge is 0.383 e. The minimum Gasteiger partial charge on any atom is -0.383 e. The summed E-state index contributed by atoms with van der Waals surface area (Å²) < 4.78 is 48.6. The van der Waals surface area contributed by atoms with Crippen LogP contribution < -0.4 is 37.6 Å². The maximum absolute atomic E-state index is 13.0. The molecule has 0 bridgehead atoms. The van der Waals surface area contributed by atoms with Crippen molar-refractivity contribution >= 4 is 53.2 Å². The molecule has 0 spiro atoms. The number of aliphatic hydroxyl groups excluding tert-OH is 1. The number of hydrogen-bond acceptors (Lipinski definition) is 19. The van der Waals surface area contributed by atoms with Crippen LogP contribution in [0.15, 0.2) is 42.5 Å². The molecule has 0 fully saturated rings. The van der Waals surface area contributed by atoms with Gasteiger partial charge in [-0.25, -0.2) is 0 Å². The van der Waals surface area contributed by atoms with Crippen LogP contribution in [0.5, 0.6) is 0 Å². The van der Waals surface area contributed by atoms with E-state index in [0.717, 1.165) is 10.5 Å². The quantitative estimate of drug-likeness (QED) is 0.0173. The zero-order valence-corrected chi connectivity index (χ0v) is 41.1. The summed E-state index contributed by atoms with van der Waals surface area (Å²) in [6.07, 6.45) is 1.02. The number of primary amides is 1. The fourth-order valence-electron chi connectivity index (χ4n) is 5.73. The van der Waals surface area contributed by atoms with Crippen LogP contribution in [0.3, 0.4) is 0 Å². The Morgan fingerprint density at radius 1 is 0.507 bits per heavy atom. The summed E-state index contributed by atoms with van der Waals surface area (Å²) in [7, 11) is 0. The fraction of sp³-hybridized carbons (Fsp3) is 0.630. The standard InChI is InChI=1S/C46H72N8O19/c47-45(63)37(55)9-13-73-34-52-41(59)32-51-46(64)36(30-35-4-2-1-3-5-35)53-42(60)33-50-40(58)31-49-39(57)10-14-65-16-18-67-20-22-69-24-26-71-28-29-72-27-25-70-23-21-68-19-17-66-15-11-48-38(56)8-12-54-43(61)6-7-44(54)62/h1-7,36-37,55H,8-34H2,(H2,47,63)(H,48,56)(H,49,57)(H,50,58)(H,51,64)(H,52,59)(H,53,60)/t36-,37+/m0/s1. The van der Waals surface area contributed by atoms with Crippen LogP contribution in [0.1, 0.15) is 24.8 Å². The molecule has 2 atom stereocenters. The first kappa shape index (κ1) is 63.1. The highest BCUT2D eigenvalue weighted by atomic mass is 16.6. The average Bonchev–Trinajstić information content (AvgIpc) is 3.70. The summed E-state index contributed by atoms with van der Waals surface area (Å²) in [6.45, 7) is 4.20. The summed E-state index contributed by atoms with van der Waals surface area (Å²) in [5, 5.41) is 24.2. The smallest absolute Gasteiger partial charge is 0.253 e. The number of amides is 9. The van der Waals surface area contributed by atoms with E-state index in [1.165, 1.54) is 12.2 Å². The summed E-state index contributed by atoms with van der Waals surface area (Å²) in [5.74, 6) is -5.05. The van der Waals surface area contributed by atoms with E-state index < -0.39 is 79.0 Å². The molecule has 1 heterocycles. The second-order valence-electron chi connectivity index (χ2n) is 15.4. The van der Waals surface area contributed by atoms with E-state index in [0.29, 0.717) is 92.4 Å². The van der Waals surface area contributed by atoms with Gasteiger partial charge in [0.2, 0.25) is 41.4 Å². The van der Waals surface area contributed by atoms with Gasteiger partial charge >= 0.3 is 0 Å². The Hall–Kier alpha value is -6.01. The van der Waals surface area contributed by atoms with E-state index >= 15 is 0 Å². The van der Waals surface area contributed by atoms with Crippen LogP contribution in [-0.4, -0.2) is 227 Å². The molecule has 27 nitrogen and oxygen atoms in total. The van der Waals surface area contributed by atoms with Crippen molar-refractivity contribution < 1.29 is 90.9 Å². The molecule has 1 aromatic rings. The van der Waals surface area contributed by atoms with Gasteiger partial charge in [-0.1, -0.05) is 30.3 Å². The third kappa shape index (κ3) is 34.1. The molecular formula is C46H72N8O19. The zero-order chi connectivity index (χ0) is 53.2. The van der Waals surface area contributed by atoms with Crippen LogP contribution in [-0.2, 0) is 92.2 Å². The Kier molecular flexibility index (Phi) is 35.8. The van der Waals surface area contributed by atoms with E-state index in [9.17, 15) is 48.3 Å². The Morgan fingerprint density at radius 2 is 0.959 bits per heavy atom. The predicted octanol–water partition coefficient (Wildman–Crippen LogP) is -4.66. The van der Waals surface area contributed by atoms with E-state index in [1.54, 1.807) is 30.3 Å². The molecule has 0 saturated heterocycles. The Labute approximate surface area is 423 Å². The van der Waals surface area contributed by atoms with Crippen molar-refractivity contribution in [1.82, 2.24) is 36.8 Å². The second-order valence-corrected chi connectivity index (χ2v) is 15.4. The number of nitrogens with zero attached hydrogens (tertiary/aromatic N) is 1. The topological polar surface area (TPSA) is 358 Å². The number of ether oxygens (including phenoxy) is 9. The minimum absolute atomic E-state index is 0.0160. The SMILES string of the molecule is NC(=O)[C@H](O)CCOCNC(=O)CNC(=O)[C@H](Cc1ccccc1)NC(=O)CNC(=O)CNC(=O)CCOCCOCCOCCOCCOCCOCCOCCOCCNC(=O)CCN1C(=O)C=CC1=O. The second kappa shape index (κ2) is 41.5. The minimum atomic E-state index is -1.37. The van der Waals surface area contributed by atoms with E-state index in [2.05, 4.69) is 31.9 Å². The molecular weight excluding hydrogens is 969 g/mol. The van der Waals surface area contributed by atoms with E-state index in [4.69, 9.17) is 48.4 Å². The molecule has 1 aliphatic rings. The van der Waals surface area contributed by atoms with Gasteiger partial charge in [0.1, 0.15) is 18.9 Å². The zero-order valence-electron chi connectivity index (χ0n) is 41.1. The monoisotopic (exact) mass is 1040 g/mol. The number of hydrogen-bond donors (Lipinski definition) is 8.